The highest BCUT2D eigenvalue weighted by Gasteiger charge is 2.45. The zero-order valence-corrected chi connectivity index (χ0v) is 29.3. The lowest BCUT2D eigenvalue weighted by atomic mass is 9.81. The third-order valence-electron chi connectivity index (χ3n) is 8.40. The van der Waals surface area contributed by atoms with E-state index in [1.807, 2.05) is 27.7 Å². The number of nitrogens with zero attached hydrogens (tertiary/aromatic N) is 2. The van der Waals surface area contributed by atoms with Crippen LogP contribution >= 0.6 is 0 Å². The Morgan fingerprint density at radius 2 is 1.26 bits per heavy atom. The molecule has 0 amide bonds. The minimum Gasteiger partial charge on any atom is -0.344 e. The van der Waals surface area contributed by atoms with E-state index in [0.717, 1.165) is 0 Å². The van der Waals surface area contributed by atoms with Gasteiger partial charge in [-0.2, -0.15) is 38.2 Å². The SMILES string of the molecule is CC1(C)C(/C=C/C=C2/N(CCCS(=O)(=O)O)c3ccc(S(=O)(=O)O)cc3C2(C)C)=[N+](CCCS(=O)(=O)O)c2ccc(S(=O)(=O)O)cc21. The fourth-order valence-electron chi connectivity index (χ4n) is 6.15. The van der Waals surface area contributed by atoms with Gasteiger partial charge < -0.3 is 4.90 Å². The van der Waals surface area contributed by atoms with Gasteiger partial charge in [0.1, 0.15) is 6.54 Å². The monoisotopic (exact) mass is 733 g/mol. The van der Waals surface area contributed by atoms with E-state index >= 15 is 0 Å². The molecule has 2 aliphatic rings. The molecule has 0 aliphatic carbocycles. The van der Waals surface area contributed by atoms with Crippen LogP contribution in [-0.4, -0.2) is 86.8 Å². The third kappa shape index (κ3) is 8.02. The molecule has 4 N–H and O–H groups in total. The minimum atomic E-state index is -4.53. The van der Waals surface area contributed by atoms with E-state index in [0.29, 0.717) is 33.9 Å². The molecular weight excluding hydrogens is 697 g/mol. The number of hydrogen-bond acceptors (Lipinski definition) is 9. The van der Waals surface area contributed by atoms with Gasteiger partial charge in [-0.15, -0.1) is 0 Å². The van der Waals surface area contributed by atoms with E-state index in [1.54, 1.807) is 27.7 Å². The van der Waals surface area contributed by atoms with Crippen LogP contribution in [-0.2, 0) is 51.3 Å². The van der Waals surface area contributed by atoms with Gasteiger partial charge in [-0.05, 0) is 62.2 Å². The second kappa shape index (κ2) is 12.5. The highest BCUT2D eigenvalue weighted by atomic mass is 32.2. The predicted octanol–water partition coefficient (Wildman–Crippen LogP) is 3.35. The van der Waals surface area contributed by atoms with Crippen LogP contribution in [0, 0.1) is 0 Å². The molecule has 18 heteroatoms. The van der Waals surface area contributed by atoms with Crippen LogP contribution < -0.4 is 4.90 Å². The molecule has 0 radical (unpaired) electrons. The zero-order chi connectivity index (χ0) is 35.4. The maximum absolute atomic E-state index is 11.9. The second-order valence-corrected chi connectivity index (χ2v) is 18.4. The Kier molecular flexibility index (Phi) is 9.79. The Bertz CT molecular complexity index is 2150. The fourth-order valence-corrected chi connectivity index (χ4v) is 8.15. The van der Waals surface area contributed by atoms with Crippen molar-refractivity contribution in [2.24, 2.45) is 0 Å². The average Bonchev–Trinajstić information content (AvgIpc) is 3.25. The van der Waals surface area contributed by atoms with Gasteiger partial charge in [0.05, 0.1) is 26.7 Å². The Hall–Kier alpha value is -2.97. The van der Waals surface area contributed by atoms with Gasteiger partial charge in [0.15, 0.2) is 5.71 Å². The van der Waals surface area contributed by atoms with Crippen LogP contribution in [0.25, 0.3) is 0 Å². The molecule has 2 aromatic rings. The minimum absolute atomic E-state index is 0.0345. The first kappa shape index (κ1) is 36.9. The van der Waals surface area contributed by atoms with Crippen LogP contribution in [0.5, 0.6) is 0 Å². The molecule has 0 saturated heterocycles. The summed E-state index contributed by atoms with van der Waals surface area (Å²) in [7, 11) is -17.6. The van der Waals surface area contributed by atoms with E-state index in [-0.39, 0.29) is 35.7 Å². The summed E-state index contributed by atoms with van der Waals surface area (Å²) >= 11 is 0. The topological polar surface area (TPSA) is 224 Å². The summed E-state index contributed by atoms with van der Waals surface area (Å²) < 4.78 is 133. The Morgan fingerprint density at radius 3 is 1.81 bits per heavy atom. The summed E-state index contributed by atoms with van der Waals surface area (Å²) in [6, 6.07) is 8.18. The molecular formula is C29H37N2O12S4+. The lowest BCUT2D eigenvalue weighted by Crippen LogP contribution is -2.29. The predicted molar refractivity (Wildman–Crippen MR) is 175 cm³/mol. The molecule has 2 aliphatic heterocycles. The highest BCUT2D eigenvalue weighted by molar-refractivity contribution is 7.86. The molecule has 258 valence electrons. The Balaban J connectivity index is 1.82. The molecule has 47 heavy (non-hydrogen) atoms. The number of rotatable bonds is 12. The lowest BCUT2D eigenvalue weighted by Gasteiger charge is -2.27. The van der Waals surface area contributed by atoms with Crippen molar-refractivity contribution in [3.8, 4) is 0 Å². The van der Waals surface area contributed by atoms with Crippen molar-refractivity contribution in [2.45, 2.75) is 61.2 Å². The molecule has 0 fully saturated rings. The van der Waals surface area contributed by atoms with E-state index in [4.69, 9.17) is 0 Å². The van der Waals surface area contributed by atoms with E-state index in [1.165, 1.54) is 36.4 Å². The van der Waals surface area contributed by atoms with E-state index in [9.17, 15) is 51.9 Å². The number of hydrogen-bond donors (Lipinski definition) is 4. The van der Waals surface area contributed by atoms with Gasteiger partial charge in [0.25, 0.3) is 40.5 Å². The summed E-state index contributed by atoms with van der Waals surface area (Å²) in [5, 5.41) is 0. The van der Waals surface area contributed by atoms with Gasteiger partial charge in [-0.3, -0.25) is 18.2 Å². The maximum Gasteiger partial charge on any atom is 0.294 e. The summed E-state index contributed by atoms with van der Waals surface area (Å²) in [5.74, 6) is -1.03. The summed E-state index contributed by atoms with van der Waals surface area (Å²) in [6.45, 7) is 7.56. The van der Waals surface area contributed by atoms with Crippen molar-refractivity contribution < 1.29 is 56.5 Å². The molecule has 0 unspecified atom stereocenters. The fraction of sp³-hybridized carbons (Fsp3) is 0.414. The summed E-state index contributed by atoms with van der Waals surface area (Å²) in [6.07, 6.45) is 5.25. The normalized spacial score (nSPS) is 18.7. The highest BCUT2D eigenvalue weighted by Crippen LogP contribution is 2.48. The molecule has 14 nitrogen and oxygen atoms in total. The van der Waals surface area contributed by atoms with Crippen LogP contribution in [0.2, 0.25) is 0 Å². The molecule has 2 heterocycles. The van der Waals surface area contributed by atoms with Gasteiger partial charge >= 0.3 is 0 Å². The molecule has 0 bridgehead atoms. The smallest absolute Gasteiger partial charge is 0.294 e. The van der Waals surface area contributed by atoms with Gasteiger partial charge in [0.2, 0.25) is 5.69 Å². The standard InChI is InChI=1S/C29H36N2O12S4/c1-28(2)22-18-20(46(38,39)40)10-12-24(22)30(14-6-16-44(32,33)34)26(28)8-5-9-27-29(3,4)23-19-21(47(41,42)43)11-13-25(23)31(27)15-7-17-45(35,36)37/h5,8-13,18-19H,6-7,14-17H2,1-4H3,(H3-,32,33,34,35,36,37,38,39,40,41,42,43)/p+1. The molecule has 0 saturated carbocycles. The maximum atomic E-state index is 11.9. The first-order valence-corrected chi connectivity index (χ1v) is 20.4. The van der Waals surface area contributed by atoms with Crippen LogP contribution in [0.15, 0.2) is 70.1 Å². The molecule has 4 rings (SSSR count). The largest absolute Gasteiger partial charge is 0.344 e. The average molecular weight is 734 g/mol. The van der Waals surface area contributed by atoms with Crippen LogP contribution in [0.3, 0.4) is 0 Å². The van der Waals surface area contributed by atoms with Crippen molar-refractivity contribution in [1.29, 1.82) is 0 Å². The Labute approximate surface area is 275 Å². The summed E-state index contributed by atoms with van der Waals surface area (Å²) in [5.41, 5.74) is 1.80. The summed E-state index contributed by atoms with van der Waals surface area (Å²) in [4.78, 5) is 1.16. The van der Waals surface area contributed by atoms with Crippen molar-refractivity contribution >= 4 is 57.6 Å². The first-order valence-electron chi connectivity index (χ1n) is 14.3. The van der Waals surface area contributed by atoms with Gasteiger partial charge in [-0.1, -0.05) is 19.9 Å². The van der Waals surface area contributed by atoms with Crippen LogP contribution in [0.4, 0.5) is 11.4 Å². The van der Waals surface area contributed by atoms with Crippen molar-refractivity contribution in [2.75, 3.05) is 29.5 Å². The number of fused-ring (bicyclic) bond motifs is 2. The van der Waals surface area contributed by atoms with Crippen molar-refractivity contribution in [3.63, 3.8) is 0 Å². The van der Waals surface area contributed by atoms with E-state index < -0.39 is 62.8 Å². The first-order chi connectivity index (χ1) is 21.3. The quantitative estimate of drug-likeness (QED) is 0.182. The molecule has 2 aromatic carbocycles. The lowest BCUT2D eigenvalue weighted by molar-refractivity contribution is -0.437. The Morgan fingerprint density at radius 1 is 0.723 bits per heavy atom. The molecule has 0 atom stereocenters. The number of allylic oxidation sites excluding steroid dienone is 4. The molecule has 0 aromatic heterocycles. The zero-order valence-electron chi connectivity index (χ0n) is 26.0. The van der Waals surface area contributed by atoms with Crippen molar-refractivity contribution in [1.82, 2.24) is 0 Å². The van der Waals surface area contributed by atoms with Gasteiger partial charge in [0, 0.05) is 47.5 Å². The van der Waals surface area contributed by atoms with Crippen LogP contribution in [0.1, 0.15) is 51.7 Å². The van der Waals surface area contributed by atoms with E-state index in [2.05, 4.69) is 0 Å². The van der Waals surface area contributed by atoms with Gasteiger partial charge in [-0.25, -0.2) is 0 Å². The number of anilines is 1. The number of benzene rings is 2. The third-order valence-corrected chi connectivity index (χ3v) is 11.7. The molecule has 0 spiro atoms. The van der Waals surface area contributed by atoms with Crippen molar-refractivity contribution in [3.05, 3.63) is 71.5 Å². The second-order valence-electron chi connectivity index (χ2n) is 12.4.